The molecule has 30 heavy (non-hydrogen) atoms. The minimum atomic E-state index is -3.64. The monoisotopic (exact) mass is 432 g/mol. The van der Waals surface area contributed by atoms with Crippen LogP contribution in [0.2, 0.25) is 0 Å². The van der Waals surface area contributed by atoms with Gasteiger partial charge in [-0.2, -0.15) is 0 Å². The van der Waals surface area contributed by atoms with Crippen molar-refractivity contribution in [2.75, 3.05) is 40.8 Å². The minimum Gasteiger partial charge on any atom is -0.353 e. The zero-order valence-corrected chi connectivity index (χ0v) is 18.3. The number of nitrogens with zero attached hydrogens (tertiary/aromatic N) is 2. The highest BCUT2D eigenvalue weighted by Crippen LogP contribution is 2.14. The van der Waals surface area contributed by atoms with Crippen LogP contribution in [0.4, 0.5) is 0 Å². The molecule has 0 spiro atoms. The van der Waals surface area contributed by atoms with Crippen LogP contribution in [0.1, 0.15) is 15.9 Å². The second kappa shape index (κ2) is 10.9. The number of hydrogen-bond donors (Lipinski definition) is 2. The van der Waals surface area contributed by atoms with Crippen LogP contribution in [0.3, 0.4) is 0 Å². The van der Waals surface area contributed by atoms with Gasteiger partial charge in [0.05, 0.1) is 11.4 Å². The lowest BCUT2D eigenvalue weighted by molar-refractivity contribution is -0.120. The molecule has 0 saturated heterocycles. The minimum absolute atomic E-state index is 0.0195. The van der Waals surface area contributed by atoms with Gasteiger partial charge in [0.25, 0.3) is 5.91 Å². The van der Waals surface area contributed by atoms with Crippen LogP contribution in [0, 0.1) is 0 Å². The third-order valence-corrected chi connectivity index (χ3v) is 6.21. The van der Waals surface area contributed by atoms with Gasteiger partial charge in [-0.3, -0.25) is 9.59 Å². The standard InChI is InChI=1S/C21H28N4O4S/c1-24(2)30(28,29)19-11-7-10-18(14-19)21(27)23-15-20(26)22-12-13-25(3)16-17-8-5-4-6-9-17/h4-11,14H,12-13,15-16H2,1-3H3,(H,22,26)(H,23,27). The van der Waals surface area contributed by atoms with E-state index in [1.165, 1.54) is 43.9 Å². The number of likely N-dealkylation sites (N-methyl/N-ethyl adjacent to an activating group) is 1. The summed E-state index contributed by atoms with van der Waals surface area (Å²) >= 11 is 0. The summed E-state index contributed by atoms with van der Waals surface area (Å²) in [6, 6.07) is 15.7. The molecule has 0 atom stereocenters. The molecule has 2 aromatic carbocycles. The molecule has 0 bridgehead atoms. The summed E-state index contributed by atoms with van der Waals surface area (Å²) in [5.74, 6) is -0.823. The molecular formula is C21H28N4O4S. The number of benzene rings is 2. The SMILES string of the molecule is CN(CCNC(=O)CNC(=O)c1cccc(S(=O)(=O)N(C)C)c1)Cc1ccccc1. The molecule has 2 N–H and O–H groups in total. The van der Waals surface area contributed by atoms with Crippen molar-refractivity contribution in [2.45, 2.75) is 11.4 Å². The lowest BCUT2D eigenvalue weighted by atomic mass is 10.2. The van der Waals surface area contributed by atoms with Crippen molar-refractivity contribution in [3.63, 3.8) is 0 Å². The van der Waals surface area contributed by atoms with E-state index in [1.54, 1.807) is 0 Å². The van der Waals surface area contributed by atoms with Crippen molar-refractivity contribution >= 4 is 21.8 Å². The summed E-state index contributed by atoms with van der Waals surface area (Å²) in [4.78, 5) is 26.4. The van der Waals surface area contributed by atoms with Crippen LogP contribution in [-0.2, 0) is 21.4 Å². The predicted octanol–water partition coefficient (Wildman–Crippen LogP) is 0.915. The molecule has 0 heterocycles. The number of sulfonamides is 1. The van der Waals surface area contributed by atoms with Crippen molar-refractivity contribution in [3.05, 3.63) is 65.7 Å². The Morgan fingerprint density at radius 3 is 2.30 bits per heavy atom. The van der Waals surface area contributed by atoms with Crippen LogP contribution in [0.25, 0.3) is 0 Å². The molecule has 8 nitrogen and oxygen atoms in total. The summed E-state index contributed by atoms with van der Waals surface area (Å²) < 4.78 is 25.5. The zero-order valence-electron chi connectivity index (χ0n) is 17.5. The molecule has 0 aliphatic heterocycles. The number of carbonyl (C=O) groups excluding carboxylic acids is 2. The molecule has 0 saturated carbocycles. The van der Waals surface area contributed by atoms with E-state index in [-0.39, 0.29) is 22.9 Å². The smallest absolute Gasteiger partial charge is 0.251 e. The first-order chi connectivity index (χ1) is 14.2. The van der Waals surface area contributed by atoms with E-state index in [4.69, 9.17) is 0 Å². The van der Waals surface area contributed by atoms with E-state index in [2.05, 4.69) is 15.5 Å². The normalized spacial score (nSPS) is 11.5. The highest BCUT2D eigenvalue weighted by molar-refractivity contribution is 7.89. The summed E-state index contributed by atoms with van der Waals surface area (Å²) in [6.07, 6.45) is 0. The Balaban J connectivity index is 1.77. The van der Waals surface area contributed by atoms with Gasteiger partial charge in [0.2, 0.25) is 15.9 Å². The van der Waals surface area contributed by atoms with E-state index in [9.17, 15) is 18.0 Å². The van der Waals surface area contributed by atoms with E-state index in [1.807, 2.05) is 37.4 Å². The van der Waals surface area contributed by atoms with Crippen LogP contribution >= 0.6 is 0 Å². The molecular weight excluding hydrogens is 404 g/mol. The molecule has 0 radical (unpaired) electrons. The molecule has 0 aliphatic carbocycles. The van der Waals surface area contributed by atoms with E-state index >= 15 is 0 Å². The van der Waals surface area contributed by atoms with Gasteiger partial charge in [0.15, 0.2) is 0 Å². The van der Waals surface area contributed by atoms with Gasteiger partial charge >= 0.3 is 0 Å². The van der Waals surface area contributed by atoms with Gasteiger partial charge in [-0.1, -0.05) is 36.4 Å². The van der Waals surface area contributed by atoms with Crippen molar-refractivity contribution in [3.8, 4) is 0 Å². The lowest BCUT2D eigenvalue weighted by Crippen LogP contribution is -2.39. The molecule has 0 fully saturated rings. The second-order valence-corrected chi connectivity index (χ2v) is 9.22. The number of nitrogens with one attached hydrogen (secondary N) is 2. The number of rotatable bonds is 10. The molecule has 2 aromatic rings. The lowest BCUT2D eigenvalue weighted by Gasteiger charge is -2.17. The Bertz CT molecular complexity index is 962. The summed E-state index contributed by atoms with van der Waals surface area (Å²) in [7, 11) is 1.17. The van der Waals surface area contributed by atoms with Crippen molar-refractivity contribution < 1.29 is 18.0 Å². The molecule has 2 rings (SSSR count). The van der Waals surface area contributed by atoms with Crippen LogP contribution < -0.4 is 10.6 Å². The first-order valence-corrected chi connectivity index (χ1v) is 10.9. The summed E-state index contributed by atoms with van der Waals surface area (Å²) in [5.41, 5.74) is 1.37. The van der Waals surface area contributed by atoms with Gasteiger partial charge in [0, 0.05) is 39.3 Å². The third kappa shape index (κ3) is 6.94. The highest BCUT2D eigenvalue weighted by atomic mass is 32.2. The molecule has 0 unspecified atom stereocenters. The topological polar surface area (TPSA) is 98.8 Å². The van der Waals surface area contributed by atoms with Crippen molar-refractivity contribution in [2.24, 2.45) is 0 Å². The first-order valence-electron chi connectivity index (χ1n) is 9.50. The fourth-order valence-corrected chi connectivity index (χ4v) is 3.64. The molecule has 0 aliphatic rings. The van der Waals surface area contributed by atoms with Gasteiger partial charge in [0.1, 0.15) is 0 Å². The Hall–Kier alpha value is -2.75. The average Bonchev–Trinajstić information content (AvgIpc) is 2.72. The van der Waals surface area contributed by atoms with Gasteiger partial charge < -0.3 is 15.5 Å². The summed E-state index contributed by atoms with van der Waals surface area (Å²) in [5, 5.41) is 5.27. The maximum atomic E-state index is 12.3. The van der Waals surface area contributed by atoms with Crippen molar-refractivity contribution in [1.29, 1.82) is 0 Å². The van der Waals surface area contributed by atoms with Crippen LogP contribution in [-0.4, -0.2) is 70.2 Å². The Morgan fingerprint density at radius 2 is 1.63 bits per heavy atom. The van der Waals surface area contributed by atoms with E-state index in [0.717, 1.165) is 10.8 Å². The maximum absolute atomic E-state index is 12.3. The summed E-state index contributed by atoms with van der Waals surface area (Å²) in [6.45, 7) is 1.71. The quantitative estimate of drug-likeness (QED) is 0.582. The molecule has 0 aromatic heterocycles. The predicted molar refractivity (Wildman–Crippen MR) is 115 cm³/mol. The zero-order chi connectivity index (χ0) is 22.1. The van der Waals surface area contributed by atoms with Gasteiger partial charge in [-0.25, -0.2) is 12.7 Å². The number of hydrogen-bond acceptors (Lipinski definition) is 5. The van der Waals surface area contributed by atoms with Gasteiger partial charge in [-0.15, -0.1) is 0 Å². The number of amides is 2. The van der Waals surface area contributed by atoms with Gasteiger partial charge in [-0.05, 0) is 30.8 Å². The average molecular weight is 433 g/mol. The maximum Gasteiger partial charge on any atom is 0.251 e. The Labute approximate surface area is 177 Å². The molecule has 162 valence electrons. The highest BCUT2D eigenvalue weighted by Gasteiger charge is 2.18. The molecule has 9 heteroatoms. The Kier molecular flexibility index (Phi) is 8.52. The fourth-order valence-electron chi connectivity index (χ4n) is 2.69. The second-order valence-electron chi connectivity index (χ2n) is 7.07. The van der Waals surface area contributed by atoms with E-state index < -0.39 is 15.9 Å². The molecule has 2 amide bonds. The largest absolute Gasteiger partial charge is 0.353 e. The van der Waals surface area contributed by atoms with E-state index in [0.29, 0.717) is 13.1 Å². The third-order valence-electron chi connectivity index (χ3n) is 4.40. The van der Waals surface area contributed by atoms with Crippen molar-refractivity contribution in [1.82, 2.24) is 19.8 Å². The van der Waals surface area contributed by atoms with Crippen LogP contribution in [0.5, 0.6) is 0 Å². The Morgan fingerprint density at radius 1 is 0.933 bits per heavy atom. The number of carbonyl (C=O) groups is 2. The first kappa shape index (κ1) is 23.5. The van der Waals surface area contributed by atoms with Crippen LogP contribution in [0.15, 0.2) is 59.5 Å². The fraction of sp³-hybridized carbons (Fsp3) is 0.333.